The van der Waals surface area contributed by atoms with E-state index in [0.717, 1.165) is 25.7 Å². The van der Waals surface area contributed by atoms with Crippen LogP contribution >= 0.6 is 11.3 Å². The first kappa shape index (κ1) is 12.1. The normalized spacial score (nSPS) is 27.9. The van der Waals surface area contributed by atoms with Gasteiger partial charge in [-0.2, -0.15) is 0 Å². The summed E-state index contributed by atoms with van der Waals surface area (Å²) in [7, 11) is 0. The Hall–Kier alpha value is -0.380. The van der Waals surface area contributed by atoms with Crippen LogP contribution in [0.3, 0.4) is 0 Å². The van der Waals surface area contributed by atoms with Gasteiger partial charge in [0.05, 0.1) is 6.10 Å². The summed E-state index contributed by atoms with van der Waals surface area (Å²) in [4.78, 5) is 2.80. The predicted octanol–water partition coefficient (Wildman–Crippen LogP) is 3.01. The van der Waals surface area contributed by atoms with Crippen molar-refractivity contribution in [3.8, 4) is 0 Å². The molecule has 0 unspecified atom stereocenters. The lowest BCUT2D eigenvalue weighted by Crippen LogP contribution is -2.35. The first-order chi connectivity index (χ1) is 7.65. The minimum Gasteiger partial charge on any atom is -0.393 e. The summed E-state index contributed by atoms with van der Waals surface area (Å²) < 4.78 is 0. The quantitative estimate of drug-likeness (QED) is 0.850. The van der Waals surface area contributed by atoms with Crippen molar-refractivity contribution in [1.82, 2.24) is 5.32 Å². The maximum absolute atomic E-state index is 9.46. The van der Waals surface area contributed by atoms with Gasteiger partial charge in [0.15, 0.2) is 0 Å². The second-order valence-corrected chi connectivity index (χ2v) is 6.16. The Balaban J connectivity index is 1.85. The van der Waals surface area contributed by atoms with E-state index in [9.17, 15) is 5.11 Å². The van der Waals surface area contributed by atoms with Crippen molar-refractivity contribution in [2.75, 3.05) is 0 Å². The maximum atomic E-state index is 9.46. The van der Waals surface area contributed by atoms with Crippen molar-refractivity contribution in [2.24, 2.45) is 0 Å². The molecule has 0 amide bonds. The highest BCUT2D eigenvalue weighted by Crippen LogP contribution is 2.25. The zero-order chi connectivity index (χ0) is 11.5. The van der Waals surface area contributed by atoms with Crippen LogP contribution in [-0.2, 0) is 0 Å². The number of thiophene rings is 1. The topological polar surface area (TPSA) is 32.3 Å². The molecule has 2 N–H and O–H groups in total. The standard InChI is InChI=1S/C13H21NOS/c1-9-3-8-13(16-9)10(2)14-11-4-6-12(15)7-5-11/h3,8,10-12,14-15H,4-7H2,1-2H3/t10-,11?,12?/m0/s1. The SMILES string of the molecule is Cc1ccc([C@H](C)NC2CCC(O)CC2)s1. The zero-order valence-corrected chi connectivity index (χ0v) is 10.9. The molecule has 1 aromatic rings. The van der Waals surface area contributed by atoms with Gasteiger partial charge in [-0.05, 0) is 51.7 Å². The number of aliphatic hydroxyl groups is 1. The van der Waals surface area contributed by atoms with Crippen molar-refractivity contribution < 1.29 is 5.11 Å². The van der Waals surface area contributed by atoms with E-state index in [-0.39, 0.29) is 6.10 Å². The van der Waals surface area contributed by atoms with Crippen LogP contribution in [-0.4, -0.2) is 17.3 Å². The van der Waals surface area contributed by atoms with E-state index in [0.29, 0.717) is 12.1 Å². The Labute approximate surface area is 102 Å². The molecule has 1 atom stereocenters. The lowest BCUT2D eigenvalue weighted by molar-refractivity contribution is 0.114. The van der Waals surface area contributed by atoms with Gasteiger partial charge in [-0.1, -0.05) is 0 Å². The highest BCUT2D eigenvalue weighted by molar-refractivity contribution is 7.12. The highest BCUT2D eigenvalue weighted by atomic mass is 32.1. The third-order valence-corrected chi connectivity index (χ3v) is 4.55. The fourth-order valence-electron chi connectivity index (χ4n) is 2.36. The monoisotopic (exact) mass is 239 g/mol. The Morgan fingerprint density at radius 3 is 2.56 bits per heavy atom. The molecule has 1 aliphatic rings. The maximum Gasteiger partial charge on any atom is 0.0541 e. The van der Waals surface area contributed by atoms with Crippen molar-refractivity contribution in [2.45, 2.75) is 57.7 Å². The van der Waals surface area contributed by atoms with Crippen molar-refractivity contribution in [1.29, 1.82) is 0 Å². The fraction of sp³-hybridized carbons (Fsp3) is 0.692. The van der Waals surface area contributed by atoms with Gasteiger partial charge in [0.25, 0.3) is 0 Å². The van der Waals surface area contributed by atoms with Crippen molar-refractivity contribution in [3.05, 3.63) is 21.9 Å². The molecule has 1 aliphatic carbocycles. The van der Waals surface area contributed by atoms with Crippen LogP contribution < -0.4 is 5.32 Å². The van der Waals surface area contributed by atoms with Gasteiger partial charge in [0.2, 0.25) is 0 Å². The van der Waals surface area contributed by atoms with Crippen LogP contribution in [0.15, 0.2) is 12.1 Å². The average Bonchev–Trinajstić information content (AvgIpc) is 2.68. The van der Waals surface area contributed by atoms with Crippen LogP contribution in [0.1, 0.15) is 48.4 Å². The van der Waals surface area contributed by atoms with E-state index in [1.165, 1.54) is 9.75 Å². The lowest BCUT2D eigenvalue weighted by Gasteiger charge is -2.28. The second kappa shape index (κ2) is 5.30. The molecule has 1 saturated carbocycles. The van der Waals surface area contributed by atoms with Gasteiger partial charge in [-0.25, -0.2) is 0 Å². The first-order valence-electron chi connectivity index (χ1n) is 6.15. The van der Waals surface area contributed by atoms with Gasteiger partial charge < -0.3 is 10.4 Å². The minimum atomic E-state index is -0.0580. The molecule has 0 radical (unpaired) electrons. The van der Waals surface area contributed by atoms with Gasteiger partial charge in [0.1, 0.15) is 0 Å². The molecule has 90 valence electrons. The van der Waals surface area contributed by atoms with Crippen LogP contribution in [0.5, 0.6) is 0 Å². The van der Waals surface area contributed by atoms with Crippen LogP contribution in [0, 0.1) is 6.92 Å². The van der Waals surface area contributed by atoms with E-state index < -0.39 is 0 Å². The number of aliphatic hydroxyl groups excluding tert-OH is 1. The van der Waals surface area contributed by atoms with Crippen LogP contribution in [0.4, 0.5) is 0 Å². The van der Waals surface area contributed by atoms with E-state index >= 15 is 0 Å². The molecule has 0 bridgehead atoms. The second-order valence-electron chi connectivity index (χ2n) is 4.84. The van der Waals surface area contributed by atoms with E-state index in [4.69, 9.17) is 0 Å². The molecule has 1 aromatic heterocycles. The molecule has 0 aliphatic heterocycles. The fourth-order valence-corrected chi connectivity index (χ4v) is 3.25. The zero-order valence-electron chi connectivity index (χ0n) is 10.1. The molecule has 0 aromatic carbocycles. The summed E-state index contributed by atoms with van der Waals surface area (Å²) in [6.45, 7) is 4.38. The first-order valence-corrected chi connectivity index (χ1v) is 6.97. The summed E-state index contributed by atoms with van der Waals surface area (Å²) in [6.07, 6.45) is 4.06. The molecular formula is C13H21NOS. The molecule has 2 nitrogen and oxygen atoms in total. The van der Waals surface area contributed by atoms with Gasteiger partial charge in [-0.3, -0.25) is 0 Å². The highest BCUT2D eigenvalue weighted by Gasteiger charge is 2.21. The Morgan fingerprint density at radius 2 is 2.00 bits per heavy atom. The van der Waals surface area contributed by atoms with E-state index in [2.05, 4.69) is 31.3 Å². The van der Waals surface area contributed by atoms with Gasteiger partial charge >= 0.3 is 0 Å². The number of hydrogen-bond donors (Lipinski definition) is 2. The summed E-state index contributed by atoms with van der Waals surface area (Å²) in [5.41, 5.74) is 0. The van der Waals surface area contributed by atoms with Gasteiger partial charge in [-0.15, -0.1) is 11.3 Å². The van der Waals surface area contributed by atoms with Gasteiger partial charge in [0, 0.05) is 21.8 Å². The lowest BCUT2D eigenvalue weighted by atomic mass is 9.92. The van der Waals surface area contributed by atoms with Crippen molar-refractivity contribution in [3.63, 3.8) is 0 Å². The number of aryl methyl sites for hydroxylation is 1. The molecule has 0 saturated heterocycles. The van der Waals surface area contributed by atoms with E-state index in [1.54, 1.807) is 0 Å². The summed E-state index contributed by atoms with van der Waals surface area (Å²) in [5.74, 6) is 0. The van der Waals surface area contributed by atoms with Crippen LogP contribution in [0.2, 0.25) is 0 Å². The molecular weight excluding hydrogens is 218 g/mol. The number of nitrogens with one attached hydrogen (secondary N) is 1. The Kier molecular flexibility index (Phi) is 4.00. The smallest absolute Gasteiger partial charge is 0.0541 e. The molecule has 16 heavy (non-hydrogen) atoms. The summed E-state index contributed by atoms with van der Waals surface area (Å²) in [6, 6.07) is 5.43. The molecule has 2 rings (SSSR count). The average molecular weight is 239 g/mol. The predicted molar refractivity (Wildman–Crippen MR) is 68.9 cm³/mol. The van der Waals surface area contributed by atoms with Crippen LogP contribution in [0.25, 0.3) is 0 Å². The number of hydrogen-bond acceptors (Lipinski definition) is 3. The summed E-state index contributed by atoms with van der Waals surface area (Å²) >= 11 is 1.87. The van der Waals surface area contributed by atoms with Crippen molar-refractivity contribution >= 4 is 11.3 Å². The molecule has 0 spiro atoms. The largest absolute Gasteiger partial charge is 0.393 e. The molecule has 1 fully saturated rings. The third kappa shape index (κ3) is 3.06. The third-order valence-electron chi connectivity index (χ3n) is 3.37. The Morgan fingerprint density at radius 1 is 1.31 bits per heavy atom. The summed E-state index contributed by atoms with van der Waals surface area (Å²) in [5, 5.41) is 13.1. The van der Waals surface area contributed by atoms with E-state index in [1.807, 2.05) is 11.3 Å². The minimum absolute atomic E-state index is 0.0580. The Bertz CT molecular complexity index is 328. The number of rotatable bonds is 3. The molecule has 3 heteroatoms. The molecule has 1 heterocycles.